The highest BCUT2D eigenvalue weighted by Crippen LogP contribution is 2.25. The summed E-state index contributed by atoms with van der Waals surface area (Å²) in [7, 11) is 0. The molecule has 0 saturated carbocycles. The van der Waals surface area contributed by atoms with Gasteiger partial charge in [0.05, 0.1) is 22.0 Å². The van der Waals surface area contributed by atoms with Crippen LogP contribution in [0.15, 0.2) is 65.6 Å². The summed E-state index contributed by atoms with van der Waals surface area (Å²) in [5.74, 6) is 0.0504. The number of rotatable bonds is 5. The number of H-pyrrole nitrogens is 1. The van der Waals surface area contributed by atoms with E-state index in [0.717, 1.165) is 4.88 Å². The molecule has 0 bridgehead atoms. The molecule has 0 aliphatic heterocycles. The summed E-state index contributed by atoms with van der Waals surface area (Å²) in [6, 6.07) is 15.5. The molecule has 0 fully saturated rings. The van der Waals surface area contributed by atoms with Crippen LogP contribution in [0.5, 0.6) is 0 Å². The van der Waals surface area contributed by atoms with Crippen LogP contribution in [-0.4, -0.2) is 20.7 Å². The van der Waals surface area contributed by atoms with Crippen LogP contribution in [0, 0.1) is 0 Å². The van der Waals surface area contributed by atoms with E-state index in [4.69, 9.17) is 17.3 Å². The molecule has 0 unspecified atom stereocenters. The van der Waals surface area contributed by atoms with Gasteiger partial charge in [-0.25, -0.2) is 0 Å². The van der Waals surface area contributed by atoms with E-state index in [-0.39, 0.29) is 5.56 Å². The number of thiophene rings is 1. The first-order chi connectivity index (χ1) is 14.0. The number of nitrogens with zero attached hydrogens (tertiary/aromatic N) is 2. The third-order valence-electron chi connectivity index (χ3n) is 4.26. The quantitative estimate of drug-likeness (QED) is 0.421. The molecule has 0 aliphatic carbocycles. The van der Waals surface area contributed by atoms with Gasteiger partial charge < -0.3 is 16.0 Å². The van der Waals surface area contributed by atoms with E-state index in [1.807, 2.05) is 12.1 Å². The molecule has 146 valence electrons. The number of nitrogens with two attached hydrogens (primary N) is 1. The fourth-order valence-corrected chi connectivity index (χ4v) is 3.87. The van der Waals surface area contributed by atoms with E-state index in [9.17, 15) is 9.59 Å². The third-order valence-corrected chi connectivity index (χ3v) is 5.49. The minimum atomic E-state index is -0.395. The number of pyridine rings is 1. The lowest BCUT2D eigenvalue weighted by molar-refractivity contribution is 0.0949. The zero-order valence-electron chi connectivity index (χ0n) is 15.1. The second-order valence-electron chi connectivity index (χ2n) is 6.19. The number of hydrogen-bond acceptors (Lipinski definition) is 6. The molecule has 4 aromatic rings. The van der Waals surface area contributed by atoms with Crippen molar-refractivity contribution in [3.63, 3.8) is 0 Å². The Kier molecular flexibility index (Phi) is 5.20. The van der Waals surface area contributed by atoms with Crippen molar-refractivity contribution in [2.45, 2.75) is 6.54 Å². The Balaban J connectivity index is 1.75. The van der Waals surface area contributed by atoms with Crippen molar-refractivity contribution >= 4 is 40.4 Å². The summed E-state index contributed by atoms with van der Waals surface area (Å²) >= 11 is 7.43. The van der Waals surface area contributed by atoms with Crippen LogP contribution in [0.2, 0.25) is 4.34 Å². The average molecular weight is 426 g/mol. The maximum Gasteiger partial charge on any atom is 0.282 e. The minimum absolute atomic E-state index is 0.291. The van der Waals surface area contributed by atoms with Crippen molar-refractivity contribution < 1.29 is 4.79 Å². The molecule has 29 heavy (non-hydrogen) atoms. The Morgan fingerprint density at radius 1 is 1.21 bits per heavy atom. The van der Waals surface area contributed by atoms with E-state index in [1.54, 1.807) is 48.7 Å². The van der Waals surface area contributed by atoms with Crippen LogP contribution >= 0.6 is 22.9 Å². The number of aromatic amines is 1. The van der Waals surface area contributed by atoms with Gasteiger partial charge in [-0.15, -0.1) is 11.3 Å². The first kappa shape index (κ1) is 19.0. The minimum Gasteiger partial charge on any atom is -0.398 e. The maximum absolute atomic E-state index is 13.1. The topological polar surface area (TPSA) is 106 Å². The number of halogens is 1. The Hall–Kier alpha value is -3.36. The van der Waals surface area contributed by atoms with Crippen molar-refractivity contribution in [3.05, 3.63) is 85.9 Å². The molecule has 0 radical (unpaired) electrons. The molecule has 7 nitrogen and oxygen atoms in total. The van der Waals surface area contributed by atoms with Crippen LogP contribution in [0.3, 0.4) is 0 Å². The molecule has 1 aromatic carbocycles. The van der Waals surface area contributed by atoms with Gasteiger partial charge >= 0.3 is 0 Å². The van der Waals surface area contributed by atoms with Crippen LogP contribution in [0.4, 0.5) is 11.5 Å². The van der Waals surface area contributed by atoms with Gasteiger partial charge in [0.15, 0.2) is 0 Å². The number of carbonyl (C=O) groups excluding carboxylic acids is 1. The zero-order chi connectivity index (χ0) is 20.4. The monoisotopic (exact) mass is 425 g/mol. The van der Waals surface area contributed by atoms with Gasteiger partial charge in [0.2, 0.25) is 0 Å². The van der Waals surface area contributed by atoms with E-state index in [2.05, 4.69) is 15.4 Å². The summed E-state index contributed by atoms with van der Waals surface area (Å²) in [5, 5.41) is 7.58. The van der Waals surface area contributed by atoms with E-state index in [0.29, 0.717) is 39.2 Å². The fraction of sp³-hybridized carbons (Fsp3) is 0.0500. The van der Waals surface area contributed by atoms with Gasteiger partial charge in [-0.2, -0.15) is 9.78 Å². The number of benzene rings is 1. The Morgan fingerprint density at radius 3 is 2.76 bits per heavy atom. The second-order valence-corrected chi connectivity index (χ2v) is 7.99. The lowest BCUT2D eigenvalue weighted by Crippen LogP contribution is -2.18. The van der Waals surface area contributed by atoms with Gasteiger partial charge in [-0.1, -0.05) is 23.7 Å². The van der Waals surface area contributed by atoms with Gasteiger partial charge in [0.1, 0.15) is 11.5 Å². The summed E-state index contributed by atoms with van der Waals surface area (Å²) in [6.07, 6.45) is 1.54. The SMILES string of the molecule is Nc1ccccc1C(=O)n1nc(-c2ccc[nH]c2=O)cc1NCc1ccc(Cl)s1. The number of para-hydroxylation sites is 1. The second kappa shape index (κ2) is 7.94. The summed E-state index contributed by atoms with van der Waals surface area (Å²) < 4.78 is 1.91. The number of nitrogen functional groups attached to an aromatic ring is 1. The molecular weight excluding hydrogens is 410 g/mol. The molecule has 3 heterocycles. The Labute approximate surface area is 174 Å². The van der Waals surface area contributed by atoms with E-state index in [1.165, 1.54) is 16.0 Å². The first-order valence-corrected chi connectivity index (χ1v) is 9.88. The average Bonchev–Trinajstić information content (AvgIpc) is 3.32. The highest BCUT2D eigenvalue weighted by atomic mass is 35.5. The highest BCUT2D eigenvalue weighted by molar-refractivity contribution is 7.16. The van der Waals surface area contributed by atoms with Gasteiger partial charge in [-0.3, -0.25) is 9.59 Å². The van der Waals surface area contributed by atoms with E-state index >= 15 is 0 Å². The Bertz CT molecular complexity index is 1240. The molecule has 9 heteroatoms. The maximum atomic E-state index is 13.1. The lowest BCUT2D eigenvalue weighted by Gasteiger charge is -2.09. The molecule has 4 rings (SSSR count). The molecule has 0 aliphatic rings. The predicted molar refractivity (Wildman–Crippen MR) is 116 cm³/mol. The Morgan fingerprint density at radius 2 is 2.03 bits per heavy atom. The molecule has 0 atom stereocenters. The molecule has 0 amide bonds. The molecule has 4 N–H and O–H groups in total. The van der Waals surface area contributed by atoms with Gasteiger partial charge in [0.25, 0.3) is 11.5 Å². The molecule has 0 saturated heterocycles. The van der Waals surface area contributed by atoms with Crippen LogP contribution in [-0.2, 0) is 6.54 Å². The third kappa shape index (κ3) is 3.94. The van der Waals surface area contributed by atoms with Crippen molar-refractivity contribution in [3.8, 4) is 11.3 Å². The largest absolute Gasteiger partial charge is 0.398 e. The predicted octanol–water partition coefficient (Wildman–Crippen LogP) is 3.84. The number of nitrogens with one attached hydrogen (secondary N) is 2. The molecule has 3 aromatic heterocycles. The van der Waals surface area contributed by atoms with E-state index < -0.39 is 5.91 Å². The fourth-order valence-electron chi connectivity index (χ4n) is 2.85. The molecular formula is C20H16ClN5O2S. The lowest BCUT2D eigenvalue weighted by atomic mass is 10.2. The number of hydrogen-bond donors (Lipinski definition) is 3. The van der Waals surface area contributed by atoms with Crippen LogP contribution in [0.1, 0.15) is 15.2 Å². The first-order valence-electron chi connectivity index (χ1n) is 8.68. The molecule has 0 spiro atoms. The number of anilines is 2. The van der Waals surface area contributed by atoms with Crippen LogP contribution in [0.25, 0.3) is 11.3 Å². The van der Waals surface area contributed by atoms with Crippen molar-refractivity contribution in [2.75, 3.05) is 11.1 Å². The smallest absolute Gasteiger partial charge is 0.282 e. The number of carbonyl (C=O) groups is 1. The van der Waals surface area contributed by atoms with Crippen molar-refractivity contribution in [1.82, 2.24) is 14.8 Å². The van der Waals surface area contributed by atoms with Crippen molar-refractivity contribution in [2.24, 2.45) is 0 Å². The van der Waals surface area contributed by atoms with Crippen LogP contribution < -0.4 is 16.6 Å². The normalized spacial score (nSPS) is 10.8. The van der Waals surface area contributed by atoms with Gasteiger partial charge in [0, 0.05) is 22.8 Å². The summed E-state index contributed by atoms with van der Waals surface area (Å²) in [5.41, 5.74) is 7.09. The zero-order valence-corrected chi connectivity index (χ0v) is 16.6. The standard InChI is InChI=1S/C20H16ClN5O2S/c21-17-8-7-12(29-17)11-24-18-10-16(14-5-3-9-23-19(14)27)25-26(18)20(28)13-4-1-2-6-15(13)22/h1-10,24H,11,22H2,(H,23,27). The highest BCUT2D eigenvalue weighted by Gasteiger charge is 2.20. The summed E-state index contributed by atoms with van der Waals surface area (Å²) in [6.45, 7) is 0.450. The number of aromatic nitrogens is 3. The van der Waals surface area contributed by atoms with Crippen molar-refractivity contribution in [1.29, 1.82) is 0 Å². The van der Waals surface area contributed by atoms with Gasteiger partial charge in [-0.05, 0) is 36.4 Å². The summed E-state index contributed by atoms with van der Waals surface area (Å²) in [4.78, 5) is 28.9.